The van der Waals surface area contributed by atoms with Crippen molar-refractivity contribution < 1.29 is 4.79 Å². The van der Waals surface area contributed by atoms with Crippen molar-refractivity contribution in [2.75, 3.05) is 5.73 Å². The first-order valence-corrected chi connectivity index (χ1v) is 3.64. The minimum absolute atomic E-state index is 0.433. The van der Waals surface area contributed by atoms with Crippen molar-refractivity contribution >= 4 is 18.2 Å². The van der Waals surface area contributed by atoms with Crippen LogP contribution in [0.2, 0.25) is 0 Å². The Morgan fingerprint density at radius 1 is 1.58 bits per heavy atom. The Morgan fingerprint density at radius 2 is 2.42 bits per heavy atom. The summed E-state index contributed by atoms with van der Waals surface area (Å²) in [6, 6.07) is 3.58. The van der Waals surface area contributed by atoms with Crippen LogP contribution in [0.5, 0.6) is 0 Å². The molecule has 0 bridgehead atoms. The number of aldehydes is 1. The van der Waals surface area contributed by atoms with E-state index in [0.29, 0.717) is 12.2 Å². The van der Waals surface area contributed by atoms with Gasteiger partial charge in [0.25, 0.3) is 0 Å². The predicted octanol–water partition coefficient (Wildman–Crippen LogP) is 1.27. The molecule has 1 aromatic rings. The number of nitrogens with two attached hydrogens (primary N) is 1. The highest BCUT2D eigenvalue weighted by Crippen LogP contribution is 2.04. The maximum Gasteiger partial charge on any atom is 0.123 e. The van der Waals surface area contributed by atoms with Gasteiger partial charge in [-0.1, -0.05) is 12.2 Å². The summed E-state index contributed by atoms with van der Waals surface area (Å²) in [6.07, 6.45) is 6.54. The molecule has 0 aliphatic heterocycles. The van der Waals surface area contributed by atoms with Gasteiger partial charge in [-0.3, -0.25) is 0 Å². The number of anilines is 1. The molecule has 0 spiro atoms. The number of carbonyl (C=O) groups is 1. The van der Waals surface area contributed by atoms with Gasteiger partial charge in [0.15, 0.2) is 0 Å². The molecule has 62 valence electrons. The molecule has 0 unspecified atom stereocenters. The number of pyridine rings is 1. The minimum atomic E-state index is 0.433. The minimum Gasteiger partial charge on any atom is -0.384 e. The normalized spacial score (nSPS) is 10.3. The average Bonchev–Trinajstić information content (AvgIpc) is 2.05. The van der Waals surface area contributed by atoms with Crippen molar-refractivity contribution in [2.45, 2.75) is 6.42 Å². The maximum atomic E-state index is 9.97. The van der Waals surface area contributed by atoms with Crippen molar-refractivity contribution in [3.05, 3.63) is 30.0 Å². The summed E-state index contributed by atoms with van der Waals surface area (Å²) < 4.78 is 0. The average molecular weight is 162 g/mol. The number of rotatable bonds is 3. The fourth-order valence-electron chi connectivity index (χ4n) is 0.829. The van der Waals surface area contributed by atoms with Crippen molar-refractivity contribution in [3.63, 3.8) is 0 Å². The van der Waals surface area contributed by atoms with Crippen LogP contribution in [0.4, 0.5) is 5.82 Å². The largest absolute Gasteiger partial charge is 0.384 e. The molecule has 0 aliphatic rings. The summed E-state index contributed by atoms with van der Waals surface area (Å²) in [4.78, 5) is 13.8. The molecule has 0 saturated carbocycles. The topological polar surface area (TPSA) is 56.0 Å². The molecule has 3 heteroatoms. The Labute approximate surface area is 70.9 Å². The molecule has 0 amide bonds. The molecule has 0 aliphatic carbocycles. The first kappa shape index (κ1) is 8.46. The van der Waals surface area contributed by atoms with Gasteiger partial charge < -0.3 is 10.5 Å². The molecule has 0 atom stereocenters. The van der Waals surface area contributed by atoms with Crippen LogP contribution in [0.1, 0.15) is 12.0 Å². The van der Waals surface area contributed by atoms with Crippen LogP contribution in [0, 0.1) is 0 Å². The number of allylic oxidation sites excluding steroid dienone is 1. The number of nitrogens with zero attached hydrogens (tertiary/aromatic N) is 1. The first-order chi connectivity index (χ1) is 5.83. The maximum absolute atomic E-state index is 9.97. The first-order valence-electron chi connectivity index (χ1n) is 3.64. The van der Waals surface area contributed by atoms with E-state index in [1.54, 1.807) is 18.3 Å². The highest BCUT2D eigenvalue weighted by Gasteiger charge is 1.87. The molecular weight excluding hydrogens is 152 g/mol. The third kappa shape index (κ3) is 2.54. The zero-order chi connectivity index (χ0) is 8.81. The molecule has 3 nitrogen and oxygen atoms in total. The zero-order valence-corrected chi connectivity index (χ0v) is 6.60. The Morgan fingerprint density at radius 3 is 3.08 bits per heavy atom. The van der Waals surface area contributed by atoms with E-state index in [0.717, 1.165) is 11.8 Å². The van der Waals surface area contributed by atoms with Gasteiger partial charge in [0, 0.05) is 12.6 Å². The molecule has 0 aromatic carbocycles. The van der Waals surface area contributed by atoms with E-state index in [1.165, 1.54) is 0 Å². The van der Waals surface area contributed by atoms with Gasteiger partial charge in [-0.05, 0) is 17.7 Å². The second-order valence-electron chi connectivity index (χ2n) is 2.32. The van der Waals surface area contributed by atoms with E-state index in [4.69, 9.17) is 5.73 Å². The van der Waals surface area contributed by atoms with Crippen molar-refractivity contribution in [3.8, 4) is 0 Å². The molecule has 1 rings (SSSR count). The third-order valence-electron chi connectivity index (χ3n) is 1.35. The summed E-state index contributed by atoms with van der Waals surface area (Å²) in [5, 5.41) is 0. The van der Waals surface area contributed by atoms with E-state index in [1.807, 2.05) is 12.1 Å². The lowest BCUT2D eigenvalue weighted by Crippen LogP contribution is -1.88. The van der Waals surface area contributed by atoms with Gasteiger partial charge in [-0.15, -0.1) is 0 Å². The van der Waals surface area contributed by atoms with Gasteiger partial charge in [-0.2, -0.15) is 0 Å². The molecule has 0 saturated heterocycles. The molecule has 0 radical (unpaired) electrons. The van der Waals surface area contributed by atoms with Crippen LogP contribution < -0.4 is 5.73 Å². The quantitative estimate of drug-likeness (QED) is 0.681. The Hall–Kier alpha value is -1.64. The lowest BCUT2D eigenvalue weighted by molar-refractivity contribution is -0.107. The third-order valence-corrected chi connectivity index (χ3v) is 1.35. The summed E-state index contributed by atoms with van der Waals surface area (Å²) >= 11 is 0. The van der Waals surface area contributed by atoms with E-state index >= 15 is 0 Å². The van der Waals surface area contributed by atoms with Crippen LogP contribution in [0.3, 0.4) is 0 Å². The lowest BCUT2D eigenvalue weighted by Gasteiger charge is -1.93. The molecule has 1 aromatic heterocycles. The number of hydrogen-bond donors (Lipinski definition) is 1. The fraction of sp³-hybridized carbons (Fsp3) is 0.111. The Kier molecular flexibility index (Phi) is 3.02. The van der Waals surface area contributed by atoms with Crippen molar-refractivity contribution in [1.29, 1.82) is 0 Å². The molecule has 0 fully saturated rings. The van der Waals surface area contributed by atoms with E-state index in [2.05, 4.69) is 4.98 Å². The van der Waals surface area contributed by atoms with Gasteiger partial charge in [0.05, 0.1) is 0 Å². The van der Waals surface area contributed by atoms with E-state index in [-0.39, 0.29) is 0 Å². The summed E-state index contributed by atoms with van der Waals surface area (Å²) in [5.41, 5.74) is 6.41. The Balaban J connectivity index is 2.69. The highest BCUT2D eigenvalue weighted by atomic mass is 16.1. The number of hydrogen-bond acceptors (Lipinski definition) is 3. The highest BCUT2D eigenvalue weighted by molar-refractivity contribution is 5.58. The number of nitrogen functional groups attached to an aromatic ring is 1. The SMILES string of the molecule is Nc1cc(C=CCC=O)ccn1. The smallest absolute Gasteiger partial charge is 0.123 e. The predicted molar refractivity (Wildman–Crippen MR) is 48.4 cm³/mol. The second kappa shape index (κ2) is 4.28. The van der Waals surface area contributed by atoms with Crippen molar-refractivity contribution in [1.82, 2.24) is 4.98 Å². The monoisotopic (exact) mass is 162 g/mol. The zero-order valence-electron chi connectivity index (χ0n) is 6.60. The number of aromatic nitrogens is 1. The van der Waals surface area contributed by atoms with Crippen LogP contribution in [-0.4, -0.2) is 11.3 Å². The molecular formula is C9H10N2O. The van der Waals surface area contributed by atoms with Crippen molar-refractivity contribution in [2.24, 2.45) is 0 Å². The van der Waals surface area contributed by atoms with Crippen LogP contribution in [0.15, 0.2) is 24.4 Å². The van der Waals surface area contributed by atoms with Gasteiger partial charge in [0.2, 0.25) is 0 Å². The summed E-state index contributed by atoms with van der Waals surface area (Å²) in [7, 11) is 0. The summed E-state index contributed by atoms with van der Waals surface area (Å²) in [5.74, 6) is 0.489. The van der Waals surface area contributed by atoms with Crippen LogP contribution in [0.25, 0.3) is 6.08 Å². The van der Waals surface area contributed by atoms with Crippen LogP contribution in [-0.2, 0) is 4.79 Å². The Bertz CT molecular complexity index is 294. The molecule has 12 heavy (non-hydrogen) atoms. The van der Waals surface area contributed by atoms with Gasteiger partial charge in [-0.25, -0.2) is 4.98 Å². The van der Waals surface area contributed by atoms with E-state index in [9.17, 15) is 4.79 Å². The van der Waals surface area contributed by atoms with Gasteiger partial charge in [0.1, 0.15) is 12.1 Å². The molecule has 2 N–H and O–H groups in total. The summed E-state index contributed by atoms with van der Waals surface area (Å²) in [6.45, 7) is 0. The lowest BCUT2D eigenvalue weighted by atomic mass is 10.2. The fourth-order valence-corrected chi connectivity index (χ4v) is 0.829. The number of carbonyl (C=O) groups excluding carboxylic acids is 1. The molecule has 1 heterocycles. The second-order valence-corrected chi connectivity index (χ2v) is 2.32. The standard InChI is InChI=1S/C9H10N2O/c10-9-7-8(4-5-11-9)3-1-2-6-12/h1,3-7H,2H2,(H2,10,11). The van der Waals surface area contributed by atoms with Gasteiger partial charge >= 0.3 is 0 Å². The van der Waals surface area contributed by atoms with Crippen LogP contribution >= 0.6 is 0 Å². The van der Waals surface area contributed by atoms with E-state index < -0.39 is 0 Å².